The first-order valence-corrected chi connectivity index (χ1v) is 12.3. The molecule has 156 valence electrons. The van der Waals surface area contributed by atoms with Crippen molar-refractivity contribution < 1.29 is 9.59 Å². The number of amides is 2. The van der Waals surface area contributed by atoms with Crippen molar-refractivity contribution in [3.05, 3.63) is 68.4 Å². The Labute approximate surface area is 190 Å². The standard InChI is InChI=1S/C21H17N5O2S3/c27-18(15-11-31-20(24-15)17-4-2-8-30-17)23-13-5-6-14-12(9-13)10-22-21(25-14)26-19(28)16-3-1-7-29-16/h1-4,7-8,10-11,13H,5-6,9H2,(H,23,27)(H,22,25,26,28). The second-order valence-corrected chi connectivity index (χ2v) is 9.78. The molecule has 0 saturated heterocycles. The van der Waals surface area contributed by atoms with Crippen LogP contribution in [-0.2, 0) is 12.8 Å². The Bertz CT molecular complexity index is 1220. The summed E-state index contributed by atoms with van der Waals surface area (Å²) in [6.45, 7) is 0. The summed E-state index contributed by atoms with van der Waals surface area (Å²) < 4.78 is 0. The van der Waals surface area contributed by atoms with Crippen molar-refractivity contribution in [2.75, 3.05) is 5.32 Å². The zero-order valence-corrected chi connectivity index (χ0v) is 18.6. The van der Waals surface area contributed by atoms with Crippen LogP contribution in [0, 0.1) is 0 Å². The normalized spacial score (nSPS) is 15.3. The van der Waals surface area contributed by atoms with Crippen molar-refractivity contribution in [3.8, 4) is 9.88 Å². The number of nitrogens with zero attached hydrogens (tertiary/aromatic N) is 3. The molecule has 2 amide bonds. The number of carbonyl (C=O) groups excluding carboxylic acids is 2. The van der Waals surface area contributed by atoms with Crippen LogP contribution >= 0.6 is 34.0 Å². The van der Waals surface area contributed by atoms with Crippen molar-refractivity contribution in [2.45, 2.75) is 25.3 Å². The lowest BCUT2D eigenvalue weighted by Crippen LogP contribution is -2.39. The predicted molar refractivity (Wildman–Crippen MR) is 123 cm³/mol. The van der Waals surface area contributed by atoms with Gasteiger partial charge in [-0.2, -0.15) is 0 Å². The average Bonchev–Trinajstić information content (AvgIpc) is 3.56. The van der Waals surface area contributed by atoms with Crippen LogP contribution in [0.3, 0.4) is 0 Å². The number of hydrogen-bond donors (Lipinski definition) is 2. The first-order chi connectivity index (χ1) is 15.2. The molecule has 1 unspecified atom stereocenters. The van der Waals surface area contributed by atoms with E-state index in [0.29, 0.717) is 29.4 Å². The highest BCUT2D eigenvalue weighted by Gasteiger charge is 2.24. The highest BCUT2D eigenvalue weighted by molar-refractivity contribution is 7.20. The maximum absolute atomic E-state index is 12.7. The summed E-state index contributed by atoms with van der Waals surface area (Å²) >= 11 is 4.46. The minimum absolute atomic E-state index is 0.00190. The van der Waals surface area contributed by atoms with Gasteiger partial charge in [0.2, 0.25) is 5.95 Å². The minimum atomic E-state index is -0.207. The number of anilines is 1. The van der Waals surface area contributed by atoms with Gasteiger partial charge in [-0.25, -0.2) is 15.0 Å². The molecule has 0 aliphatic heterocycles. The van der Waals surface area contributed by atoms with Crippen LogP contribution in [-0.4, -0.2) is 32.8 Å². The molecular formula is C21H17N5O2S3. The van der Waals surface area contributed by atoms with Crippen molar-refractivity contribution in [1.29, 1.82) is 0 Å². The molecule has 7 nitrogen and oxygen atoms in total. The van der Waals surface area contributed by atoms with Gasteiger partial charge in [-0.3, -0.25) is 14.9 Å². The third-order valence-corrected chi connectivity index (χ3v) is 7.67. The molecule has 4 aromatic rings. The van der Waals surface area contributed by atoms with Crippen molar-refractivity contribution >= 4 is 51.8 Å². The first kappa shape index (κ1) is 20.0. The van der Waals surface area contributed by atoms with E-state index in [-0.39, 0.29) is 17.9 Å². The molecule has 5 rings (SSSR count). The summed E-state index contributed by atoms with van der Waals surface area (Å²) in [6.07, 6.45) is 3.88. The van der Waals surface area contributed by atoms with E-state index in [1.54, 1.807) is 29.0 Å². The lowest BCUT2D eigenvalue weighted by Gasteiger charge is -2.24. The molecule has 0 spiro atoms. The van der Waals surface area contributed by atoms with Crippen LogP contribution in [0.2, 0.25) is 0 Å². The lowest BCUT2D eigenvalue weighted by molar-refractivity contribution is 0.0928. The first-order valence-electron chi connectivity index (χ1n) is 9.65. The van der Waals surface area contributed by atoms with Gasteiger partial charge in [0.05, 0.1) is 9.75 Å². The Morgan fingerprint density at radius 1 is 1.03 bits per heavy atom. The van der Waals surface area contributed by atoms with Crippen LogP contribution in [0.4, 0.5) is 5.95 Å². The Morgan fingerprint density at radius 3 is 2.71 bits per heavy atom. The van der Waals surface area contributed by atoms with E-state index >= 15 is 0 Å². The third kappa shape index (κ3) is 4.41. The van der Waals surface area contributed by atoms with E-state index in [1.165, 1.54) is 22.7 Å². The number of nitrogens with one attached hydrogen (secondary N) is 2. The smallest absolute Gasteiger partial charge is 0.271 e. The zero-order valence-electron chi connectivity index (χ0n) is 16.2. The molecule has 1 aliphatic carbocycles. The number of rotatable bonds is 5. The van der Waals surface area contributed by atoms with Crippen LogP contribution in [0.1, 0.15) is 37.8 Å². The second-order valence-electron chi connectivity index (χ2n) is 7.03. The Hall–Kier alpha value is -2.95. The van der Waals surface area contributed by atoms with Gasteiger partial charge in [-0.1, -0.05) is 12.1 Å². The topological polar surface area (TPSA) is 96.9 Å². The van der Waals surface area contributed by atoms with Gasteiger partial charge in [-0.05, 0) is 47.7 Å². The van der Waals surface area contributed by atoms with Gasteiger partial charge in [0.1, 0.15) is 10.7 Å². The van der Waals surface area contributed by atoms with E-state index < -0.39 is 0 Å². The Kier molecular flexibility index (Phi) is 5.58. The van der Waals surface area contributed by atoms with Gasteiger partial charge in [0.25, 0.3) is 11.8 Å². The van der Waals surface area contributed by atoms with Gasteiger partial charge in [0, 0.05) is 23.3 Å². The van der Waals surface area contributed by atoms with Gasteiger partial charge in [-0.15, -0.1) is 34.0 Å². The Balaban J connectivity index is 1.22. The third-order valence-electron chi connectivity index (χ3n) is 4.92. The fourth-order valence-electron chi connectivity index (χ4n) is 3.41. The van der Waals surface area contributed by atoms with Gasteiger partial charge >= 0.3 is 0 Å². The molecule has 4 aromatic heterocycles. The summed E-state index contributed by atoms with van der Waals surface area (Å²) in [5, 5.41) is 12.3. The number of thiophene rings is 2. The van der Waals surface area contributed by atoms with Crippen molar-refractivity contribution in [2.24, 2.45) is 0 Å². The maximum atomic E-state index is 12.7. The highest BCUT2D eigenvalue weighted by Crippen LogP contribution is 2.28. The van der Waals surface area contributed by atoms with E-state index in [4.69, 9.17) is 0 Å². The predicted octanol–water partition coefficient (Wildman–Crippen LogP) is 4.26. The molecule has 0 bridgehead atoms. The fourth-order valence-corrected chi connectivity index (χ4v) is 5.65. The number of carbonyl (C=O) groups is 2. The minimum Gasteiger partial charge on any atom is -0.348 e. The van der Waals surface area contributed by atoms with Crippen LogP contribution in [0.15, 0.2) is 46.6 Å². The summed E-state index contributed by atoms with van der Waals surface area (Å²) in [4.78, 5) is 39.8. The number of aromatic nitrogens is 3. The molecule has 10 heteroatoms. The molecule has 1 aliphatic rings. The molecule has 4 heterocycles. The van der Waals surface area contributed by atoms with Gasteiger partial charge in [0.15, 0.2) is 0 Å². The molecular weight excluding hydrogens is 450 g/mol. The molecule has 0 radical (unpaired) electrons. The van der Waals surface area contributed by atoms with Crippen molar-refractivity contribution in [1.82, 2.24) is 20.3 Å². The SMILES string of the molecule is O=C(NC1CCc2nc(NC(=O)c3cccs3)ncc2C1)c1csc(-c2cccs2)n1. The van der Waals surface area contributed by atoms with E-state index in [1.807, 2.05) is 29.0 Å². The van der Waals surface area contributed by atoms with E-state index in [9.17, 15) is 9.59 Å². The summed E-state index contributed by atoms with van der Waals surface area (Å²) in [5.74, 6) is -0.0578. The average molecular weight is 468 g/mol. The van der Waals surface area contributed by atoms with E-state index in [0.717, 1.165) is 27.6 Å². The van der Waals surface area contributed by atoms with Crippen molar-refractivity contribution in [3.63, 3.8) is 0 Å². The molecule has 0 saturated carbocycles. The second kappa shape index (κ2) is 8.66. The number of fused-ring (bicyclic) bond motifs is 1. The lowest BCUT2D eigenvalue weighted by atomic mass is 9.93. The molecule has 31 heavy (non-hydrogen) atoms. The largest absolute Gasteiger partial charge is 0.348 e. The highest BCUT2D eigenvalue weighted by atomic mass is 32.1. The van der Waals surface area contributed by atoms with Gasteiger partial charge < -0.3 is 5.32 Å². The van der Waals surface area contributed by atoms with Crippen LogP contribution < -0.4 is 10.6 Å². The monoisotopic (exact) mass is 467 g/mol. The fraction of sp³-hybridized carbons (Fsp3) is 0.190. The molecule has 1 atom stereocenters. The molecule has 2 N–H and O–H groups in total. The van der Waals surface area contributed by atoms with Crippen LogP contribution in [0.25, 0.3) is 9.88 Å². The Morgan fingerprint density at radius 2 is 1.90 bits per heavy atom. The maximum Gasteiger partial charge on any atom is 0.271 e. The summed E-state index contributed by atoms with van der Waals surface area (Å²) in [6, 6.07) is 7.57. The van der Waals surface area contributed by atoms with Crippen LogP contribution in [0.5, 0.6) is 0 Å². The summed E-state index contributed by atoms with van der Waals surface area (Å²) in [7, 11) is 0. The number of aryl methyl sites for hydroxylation is 1. The number of thiazole rings is 1. The molecule has 0 aromatic carbocycles. The zero-order chi connectivity index (χ0) is 21.2. The number of hydrogen-bond acceptors (Lipinski definition) is 8. The molecule has 0 fully saturated rings. The van der Waals surface area contributed by atoms with E-state index in [2.05, 4.69) is 25.6 Å². The quantitative estimate of drug-likeness (QED) is 0.457. The summed E-state index contributed by atoms with van der Waals surface area (Å²) in [5.41, 5.74) is 2.35.